The molecule has 0 bridgehead atoms. The highest BCUT2D eigenvalue weighted by Gasteiger charge is 2.44. The van der Waals surface area contributed by atoms with Crippen LogP contribution in [0.3, 0.4) is 0 Å². The summed E-state index contributed by atoms with van der Waals surface area (Å²) in [4.78, 5) is 31.9. The number of hydrogen-bond acceptors (Lipinski definition) is 8. The Balaban J connectivity index is 1.23. The molecule has 2 N–H and O–H groups in total. The van der Waals surface area contributed by atoms with Gasteiger partial charge in [-0.05, 0) is 69.6 Å². The number of ether oxygens (including phenoxy) is 1. The van der Waals surface area contributed by atoms with E-state index in [9.17, 15) is 4.79 Å². The van der Waals surface area contributed by atoms with Gasteiger partial charge >= 0.3 is 11.7 Å². The van der Waals surface area contributed by atoms with Crippen LogP contribution < -0.4 is 20.2 Å². The molecule has 1 saturated heterocycles. The lowest BCUT2D eigenvalue weighted by Crippen LogP contribution is -2.39. The summed E-state index contributed by atoms with van der Waals surface area (Å²) in [6.07, 6.45) is 6.19. The van der Waals surface area contributed by atoms with Crippen molar-refractivity contribution < 1.29 is 4.74 Å². The summed E-state index contributed by atoms with van der Waals surface area (Å²) in [6.45, 7) is 7.14. The molecule has 1 saturated carbocycles. The van der Waals surface area contributed by atoms with E-state index >= 15 is 0 Å². The highest BCUT2D eigenvalue weighted by Crippen LogP contribution is 2.46. The predicted octanol–water partition coefficient (Wildman–Crippen LogP) is 4.27. The predicted molar refractivity (Wildman–Crippen MR) is 169 cm³/mol. The highest BCUT2D eigenvalue weighted by molar-refractivity contribution is 5.97. The van der Waals surface area contributed by atoms with E-state index < -0.39 is 0 Å². The molecule has 3 aliphatic rings. The molecule has 4 heterocycles. The monoisotopic (exact) mass is 582 g/mol. The molecule has 43 heavy (non-hydrogen) atoms. The number of anilines is 2. The van der Waals surface area contributed by atoms with Crippen LogP contribution in [0.1, 0.15) is 61.2 Å². The number of nitrogens with one attached hydrogen (secondary N) is 2. The topological polar surface area (TPSA) is 106 Å². The average molecular weight is 583 g/mol. The van der Waals surface area contributed by atoms with Gasteiger partial charge in [-0.3, -0.25) is 4.98 Å². The van der Waals surface area contributed by atoms with E-state index in [2.05, 4.69) is 87.3 Å². The fourth-order valence-corrected chi connectivity index (χ4v) is 7.16. The third-order valence-electron chi connectivity index (χ3n) is 9.46. The smallest absolute Gasteiger partial charge is 0.340 e. The molecule has 10 heteroatoms. The number of piperidine rings is 1. The van der Waals surface area contributed by atoms with Crippen molar-refractivity contribution in [2.45, 2.75) is 57.9 Å². The van der Waals surface area contributed by atoms with Crippen LogP contribution in [-0.4, -0.2) is 76.9 Å². The maximum atomic E-state index is 11.8. The zero-order valence-electron chi connectivity index (χ0n) is 25.5. The van der Waals surface area contributed by atoms with Gasteiger partial charge in [-0.15, -0.1) is 0 Å². The summed E-state index contributed by atoms with van der Waals surface area (Å²) in [5, 5.41) is 9.41. The Morgan fingerprint density at radius 1 is 1.09 bits per heavy atom. The lowest BCUT2D eigenvalue weighted by Gasteiger charge is -2.37. The Morgan fingerprint density at radius 3 is 2.67 bits per heavy atom. The van der Waals surface area contributed by atoms with E-state index in [4.69, 9.17) is 14.7 Å². The first-order chi connectivity index (χ1) is 20.9. The van der Waals surface area contributed by atoms with Crippen LogP contribution >= 0.6 is 0 Å². The molecule has 4 aromatic rings. The second kappa shape index (κ2) is 11.3. The van der Waals surface area contributed by atoms with Crippen molar-refractivity contribution >= 4 is 22.3 Å². The largest absolute Gasteiger partial charge is 0.463 e. The second-order valence-corrected chi connectivity index (χ2v) is 12.9. The maximum Gasteiger partial charge on any atom is 0.340 e. The van der Waals surface area contributed by atoms with Crippen molar-refractivity contribution in [1.82, 2.24) is 30.0 Å². The molecule has 2 fully saturated rings. The molecular formula is C33H42N8O2. The lowest BCUT2D eigenvalue weighted by atomic mass is 9.95. The first-order valence-corrected chi connectivity index (χ1v) is 15.7. The van der Waals surface area contributed by atoms with Gasteiger partial charge in [0.05, 0.1) is 18.8 Å². The SMILES string of the molecule is CCc1cccc2cccc(N3CCc4c(nc(OCC5(CN(C)C)CC5)nc4N4CCCC(c5n[nH]c(=O)[nH]5)C4)C3)c12. The second-order valence-electron chi connectivity index (χ2n) is 12.9. The standard InChI is InChI=1S/C33H42N8O2/c1-4-22-8-5-9-23-10-6-12-27(28(22)23)40-17-13-25-26(19-40)34-32(43-21-33(14-15-33)20-39(2)3)36-30(25)41-16-7-11-24(18-41)29-35-31(42)38-37-29/h5-6,8-10,12,24H,4,7,11,13-21H2,1-3H3,(H2,35,37,38,42). The van der Waals surface area contributed by atoms with Crippen LogP contribution in [0.5, 0.6) is 6.01 Å². The number of fused-ring (bicyclic) bond motifs is 2. The molecule has 10 nitrogen and oxygen atoms in total. The highest BCUT2D eigenvalue weighted by atomic mass is 16.5. The van der Waals surface area contributed by atoms with Gasteiger partial charge in [-0.2, -0.15) is 15.1 Å². The minimum absolute atomic E-state index is 0.140. The van der Waals surface area contributed by atoms with Crippen LogP contribution in [0, 0.1) is 5.41 Å². The first kappa shape index (κ1) is 27.9. The van der Waals surface area contributed by atoms with Gasteiger partial charge in [0.15, 0.2) is 0 Å². The van der Waals surface area contributed by atoms with Crippen molar-refractivity contribution in [2.24, 2.45) is 5.41 Å². The van der Waals surface area contributed by atoms with Crippen LogP contribution in [0.15, 0.2) is 41.2 Å². The number of benzene rings is 2. The van der Waals surface area contributed by atoms with Gasteiger partial charge in [0.1, 0.15) is 11.6 Å². The van der Waals surface area contributed by atoms with Gasteiger partial charge < -0.3 is 19.4 Å². The molecular weight excluding hydrogens is 540 g/mol. The summed E-state index contributed by atoms with van der Waals surface area (Å²) in [6, 6.07) is 13.7. The molecule has 0 radical (unpaired) electrons. The normalized spacial score (nSPS) is 19.6. The third-order valence-corrected chi connectivity index (χ3v) is 9.46. The number of nitrogens with zero attached hydrogens (tertiary/aromatic N) is 6. The van der Waals surface area contributed by atoms with Crippen LogP contribution in [0.25, 0.3) is 10.8 Å². The summed E-state index contributed by atoms with van der Waals surface area (Å²) in [5.41, 5.74) is 4.84. The quantitative estimate of drug-likeness (QED) is 0.302. The van der Waals surface area contributed by atoms with Gasteiger partial charge in [-0.1, -0.05) is 37.3 Å². The van der Waals surface area contributed by atoms with E-state index in [1.165, 1.54) is 40.4 Å². The average Bonchev–Trinajstić information content (AvgIpc) is 3.64. The van der Waals surface area contributed by atoms with E-state index in [0.717, 1.165) is 69.2 Å². The molecule has 2 aromatic heterocycles. The fourth-order valence-electron chi connectivity index (χ4n) is 7.16. The zero-order valence-corrected chi connectivity index (χ0v) is 25.5. The van der Waals surface area contributed by atoms with Gasteiger partial charge in [0.25, 0.3) is 0 Å². The van der Waals surface area contributed by atoms with E-state index in [0.29, 0.717) is 19.2 Å². The molecule has 0 amide bonds. The van der Waals surface area contributed by atoms with E-state index in [-0.39, 0.29) is 17.0 Å². The Hall–Kier alpha value is -3.92. The van der Waals surface area contributed by atoms with Crippen LogP contribution in [0.4, 0.5) is 11.5 Å². The summed E-state index contributed by atoms with van der Waals surface area (Å²) < 4.78 is 6.44. The number of aryl methyl sites for hydroxylation is 1. The molecule has 2 aromatic carbocycles. The third kappa shape index (κ3) is 5.60. The number of H-pyrrole nitrogens is 2. The van der Waals surface area contributed by atoms with Gasteiger partial charge in [0, 0.05) is 54.1 Å². The van der Waals surface area contributed by atoms with Crippen molar-refractivity contribution in [3.8, 4) is 6.01 Å². The Kier molecular flexibility index (Phi) is 7.33. The molecule has 1 unspecified atom stereocenters. The lowest BCUT2D eigenvalue weighted by molar-refractivity contribution is 0.182. The minimum atomic E-state index is -0.256. The number of hydrogen-bond donors (Lipinski definition) is 2. The summed E-state index contributed by atoms with van der Waals surface area (Å²) in [5.74, 6) is 1.84. The number of rotatable bonds is 9. The Morgan fingerprint density at radius 2 is 1.93 bits per heavy atom. The summed E-state index contributed by atoms with van der Waals surface area (Å²) in [7, 11) is 4.25. The summed E-state index contributed by atoms with van der Waals surface area (Å²) >= 11 is 0. The number of aromatic amines is 2. The minimum Gasteiger partial charge on any atom is -0.463 e. The van der Waals surface area contributed by atoms with Crippen molar-refractivity contribution in [3.63, 3.8) is 0 Å². The molecule has 1 atom stereocenters. The zero-order chi connectivity index (χ0) is 29.6. The Bertz CT molecular complexity index is 1670. The molecule has 2 aliphatic heterocycles. The van der Waals surface area contributed by atoms with E-state index in [1.807, 2.05) is 0 Å². The van der Waals surface area contributed by atoms with Gasteiger partial charge in [0.2, 0.25) is 0 Å². The molecule has 1 aliphatic carbocycles. The maximum absolute atomic E-state index is 11.8. The number of aromatic nitrogens is 5. The first-order valence-electron chi connectivity index (χ1n) is 15.7. The van der Waals surface area contributed by atoms with Crippen LogP contribution in [0.2, 0.25) is 0 Å². The molecule has 226 valence electrons. The Labute approximate surface area is 252 Å². The molecule has 7 rings (SSSR count). The molecule has 0 spiro atoms. The van der Waals surface area contributed by atoms with E-state index in [1.54, 1.807) is 0 Å². The van der Waals surface area contributed by atoms with Crippen LogP contribution in [-0.2, 0) is 19.4 Å². The van der Waals surface area contributed by atoms with Crippen molar-refractivity contribution in [1.29, 1.82) is 0 Å². The fraction of sp³-hybridized carbons (Fsp3) is 0.515. The van der Waals surface area contributed by atoms with Crippen molar-refractivity contribution in [3.05, 3.63) is 69.5 Å². The van der Waals surface area contributed by atoms with Crippen molar-refractivity contribution in [2.75, 3.05) is 56.7 Å². The van der Waals surface area contributed by atoms with Gasteiger partial charge in [-0.25, -0.2) is 9.89 Å².